The first-order chi connectivity index (χ1) is 15.6. The number of aromatic amines is 1. The number of hydrogen-bond acceptors (Lipinski definition) is 5. The Balaban J connectivity index is 0.00000162. The van der Waals surface area contributed by atoms with E-state index >= 15 is 0 Å². The maximum atomic E-state index is 13.6. The maximum absolute atomic E-state index is 13.6. The summed E-state index contributed by atoms with van der Waals surface area (Å²) in [6.45, 7) is 1.95. The number of carbonyl (C=O) groups excluding carboxylic acids is 1. The van der Waals surface area contributed by atoms with E-state index in [4.69, 9.17) is 0 Å². The number of imidazole rings is 1. The molecule has 1 N–H and O–H groups in total. The Kier molecular flexibility index (Phi) is 7.75. The Morgan fingerprint density at radius 3 is 2.62 bits per heavy atom. The lowest BCUT2D eigenvalue weighted by atomic mass is 10.0. The van der Waals surface area contributed by atoms with Crippen LogP contribution in [0.25, 0.3) is 10.8 Å². The number of nitro groups is 1. The van der Waals surface area contributed by atoms with E-state index in [1.54, 1.807) is 24.7 Å². The first kappa shape index (κ1) is 25.0. The summed E-state index contributed by atoms with van der Waals surface area (Å²) in [6.07, 6.45) is 3.35. The number of halogens is 2. The van der Waals surface area contributed by atoms with Crippen molar-refractivity contribution >= 4 is 52.9 Å². The zero-order valence-corrected chi connectivity index (χ0v) is 19.7. The van der Waals surface area contributed by atoms with Crippen molar-refractivity contribution in [2.24, 2.45) is 0 Å². The van der Waals surface area contributed by atoms with E-state index in [1.165, 1.54) is 6.07 Å². The molecular weight excluding hydrogens is 477 g/mol. The Morgan fingerprint density at radius 2 is 1.85 bits per heavy atom. The highest BCUT2D eigenvalue weighted by Crippen LogP contribution is 2.31. The third-order valence-corrected chi connectivity index (χ3v) is 5.84. The topological polar surface area (TPSA) is 95.4 Å². The summed E-state index contributed by atoms with van der Waals surface area (Å²) < 4.78 is 0. The molecule has 2 heterocycles. The van der Waals surface area contributed by atoms with Crippen LogP contribution in [0, 0.1) is 10.1 Å². The smallest absolute Gasteiger partial charge is 0.271 e. The van der Waals surface area contributed by atoms with Crippen LogP contribution < -0.4 is 4.90 Å². The third kappa shape index (κ3) is 4.83. The van der Waals surface area contributed by atoms with Crippen LogP contribution in [-0.4, -0.2) is 38.8 Å². The molecule has 5 rings (SSSR count). The van der Waals surface area contributed by atoms with Crippen LogP contribution >= 0.6 is 24.8 Å². The lowest BCUT2D eigenvalue weighted by Gasteiger charge is -2.24. The van der Waals surface area contributed by atoms with Gasteiger partial charge in [0.1, 0.15) is 0 Å². The van der Waals surface area contributed by atoms with Gasteiger partial charge in [-0.1, -0.05) is 36.4 Å². The van der Waals surface area contributed by atoms with Crippen molar-refractivity contribution in [3.63, 3.8) is 0 Å². The average molecular weight is 500 g/mol. The normalized spacial score (nSPS) is 12.8. The van der Waals surface area contributed by atoms with E-state index in [-0.39, 0.29) is 36.4 Å². The molecule has 176 valence electrons. The zero-order chi connectivity index (χ0) is 22.1. The molecule has 0 spiro atoms. The number of fused-ring (bicyclic) bond motifs is 2. The van der Waals surface area contributed by atoms with Crippen molar-refractivity contribution < 1.29 is 9.72 Å². The van der Waals surface area contributed by atoms with Gasteiger partial charge >= 0.3 is 0 Å². The number of H-pyrrole nitrogens is 1. The van der Waals surface area contributed by atoms with Crippen molar-refractivity contribution in [1.82, 2.24) is 14.9 Å². The number of amides is 1. The molecule has 0 saturated heterocycles. The number of aromatic nitrogens is 2. The molecule has 1 aromatic heterocycles. The molecule has 1 aliphatic heterocycles. The second kappa shape index (κ2) is 10.5. The van der Waals surface area contributed by atoms with Gasteiger partial charge in [0.15, 0.2) is 0 Å². The van der Waals surface area contributed by atoms with Gasteiger partial charge in [0.05, 0.1) is 23.5 Å². The molecule has 0 bridgehead atoms. The van der Waals surface area contributed by atoms with Crippen LogP contribution in [0.3, 0.4) is 0 Å². The number of nitrogens with zero attached hydrogens (tertiary/aromatic N) is 4. The Labute approximate surface area is 208 Å². The monoisotopic (exact) mass is 499 g/mol. The second-order valence-electron chi connectivity index (χ2n) is 7.82. The Bertz CT molecular complexity index is 1310. The molecule has 1 amide bonds. The summed E-state index contributed by atoms with van der Waals surface area (Å²) in [7, 11) is 0. The van der Waals surface area contributed by atoms with E-state index in [9.17, 15) is 14.9 Å². The van der Waals surface area contributed by atoms with Gasteiger partial charge in [-0.25, -0.2) is 4.98 Å². The highest BCUT2D eigenvalue weighted by molar-refractivity contribution is 6.07. The number of anilines is 1. The van der Waals surface area contributed by atoms with E-state index in [2.05, 4.69) is 14.9 Å². The van der Waals surface area contributed by atoms with Crippen LogP contribution in [0.4, 0.5) is 11.4 Å². The highest BCUT2D eigenvalue weighted by atomic mass is 35.5. The number of non-ortho nitro benzene ring substituents is 1. The standard InChI is InChI=1S/C24H21N5O3.2ClH/c30-24(22-7-3-5-17-4-1-2-6-21(17)22)28-11-10-27(15-19-13-25-16-26-19)23-12-20(29(31)32)9-8-18(23)14-28;;/h1-9,12-13,16H,10-11,14-15H2,(H,25,26);2*1H. The largest absolute Gasteiger partial charge is 0.363 e. The zero-order valence-electron chi connectivity index (χ0n) is 18.1. The summed E-state index contributed by atoms with van der Waals surface area (Å²) in [5.74, 6) is -0.0468. The molecule has 0 unspecified atom stereocenters. The summed E-state index contributed by atoms with van der Waals surface area (Å²) >= 11 is 0. The summed E-state index contributed by atoms with van der Waals surface area (Å²) in [6, 6.07) is 18.4. The van der Waals surface area contributed by atoms with Gasteiger partial charge in [-0.15, -0.1) is 24.8 Å². The van der Waals surface area contributed by atoms with Gasteiger partial charge in [-0.3, -0.25) is 14.9 Å². The maximum Gasteiger partial charge on any atom is 0.271 e. The molecule has 3 aromatic carbocycles. The van der Waals surface area contributed by atoms with Gasteiger partial charge in [0.25, 0.3) is 11.6 Å². The van der Waals surface area contributed by atoms with Gasteiger partial charge in [0.2, 0.25) is 0 Å². The first-order valence-electron chi connectivity index (χ1n) is 10.4. The number of benzene rings is 3. The number of hydrogen-bond donors (Lipinski definition) is 1. The van der Waals surface area contributed by atoms with Gasteiger partial charge in [0, 0.05) is 49.2 Å². The van der Waals surface area contributed by atoms with Crippen LogP contribution in [0.5, 0.6) is 0 Å². The quantitative estimate of drug-likeness (QED) is 0.315. The van der Waals surface area contributed by atoms with E-state index < -0.39 is 4.92 Å². The fourth-order valence-electron chi connectivity index (χ4n) is 4.24. The third-order valence-electron chi connectivity index (χ3n) is 5.84. The summed E-state index contributed by atoms with van der Waals surface area (Å²) in [5.41, 5.74) is 3.24. The fraction of sp³-hybridized carbons (Fsp3) is 0.167. The molecule has 0 radical (unpaired) electrons. The molecule has 0 aliphatic carbocycles. The van der Waals surface area contributed by atoms with E-state index in [0.717, 1.165) is 27.7 Å². The molecule has 4 aromatic rings. The fourth-order valence-corrected chi connectivity index (χ4v) is 4.24. The van der Waals surface area contributed by atoms with Crippen molar-refractivity contribution in [3.8, 4) is 0 Å². The van der Waals surface area contributed by atoms with Crippen LogP contribution in [0.2, 0.25) is 0 Å². The molecule has 10 heteroatoms. The van der Waals surface area contributed by atoms with E-state index in [0.29, 0.717) is 31.7 Å². The average Bonchev–Trinajstić information content (AvgIpc) is 3.26. The number of rotatable bonds is 4. The van der Waals surface area contributed by atoms with Crippen molar-refractivity contribution in [1.29, 1.82) is 0 Å². The highest BCUT2D eigenvalue weighted by Gasteiger charge is 2.26. The predicted octanol–water partition coefficient (Wildman–Crippen LogP) is 4.98. The van der Waals surface area contributed by atoms with Gasteiger partial charge in [-0.2, -0.15) is 0 Å². The van der Waals surface area contributed by atoms with E-state index in [1.807, 2.05) is 47.4 Å². The number of carbonyl (C=O) groups is 1. The lowest BCUT2D eigenvalue weighted by molar-refractivity contribution is -0.384. The second-order valence-corrected chi connectivity index (χ2v) is 7.82. The Hall–Kier alpha value is -3.62. The van der Waals surface area contributed by atoms with Crippen molar-refractivity contribution in [2.45, 2.75) is 13.1 Å². The van der Waals surface area contributed by atoms with Gasteiger partial charge in [-0.05, 0) is 28.5 Å². The minimum atomic E-state index is -0.390. The molecule has 8 nitrogen and oxygen atoms in total. The van der Waals surface area contributed by atoms with Gasteiger partial charge < -0.3 is 14.8 Å². The lowest BCUT2D eigenvalue weighted by Crippen LogP contribution is -2.35. The van der Waals surface area contributed by atoms with Crippen molar-refractivity contribution in [2.75, 3.05) is 18.0 Å². The minimum Gasteiger partial charge on any atom is -0.363 e. The number of nitrogens with one attached hydrogen (secondary N) is 1. The molecule has 0 fully saturated rings. The first-order valence-corrected chi connectivity index (χ1v) is 10.4. The van der Waals surface area contributed by atoms with Crippen LogP contribution in [-0.2, 0) is 13.1 Å². The predicted molar refractivity (Wildman–Crippen MR) is 136 cm³/mol. The molecule has 34 heavy (non-hydrogen) atoms. The summed E-state index contributed by atoms with van der Waals surface area (Å²) in [5, 5.41) is 13.3. The van der Waals surface area contributed by atoms with Crippen LogP contribution in [0.1, 0.15) is 21.6 Å². The van der Waals surface area contributed by atoms with Crippen molar-refractivity contribution in [3.05, 3.63) is 100 Å². The molecule has 0 saturated carbocycles. The summed E-state index contributed by atoms with van der Waals surface area (Å²) in [4.78, 5) is 35.6. The molecular formula is C24H23Cl2N5O3. The minimum absolute atomic E-state index is 0. The Morgan fingerprint density at radius 1 is 1.06 bits per heavy atom. The SMILES string of the molecule is Cl.Cl.O=C(c1cccc2ccccc12)N1CCN(Cc2cnc[nH]2)c2cc([N+](=O)[O-])ccc2C1. The molecule has 0 atom stereocenters. The number of nitro benzene ring substituents is 1. The molecule has 1 aliphatic rings. The van der Waals surface area contributed by atoms with Crippen LogP contribution in [0.15, 0.2) is 73.2 Å².